The summed E-state index contributed by atoms with van der Waals surface area (Å²) in [7, 11) is -0.676. The predicted octanol–water partition coefficient (Wildman–Crippen LogP) is 2.59. The third-order valence-electron chi connectivity index (χ3n) is 4.48. The van der Waals surface area contributed by atoms with Crippen LogP contribution in [0, 0.1) is 6.92 Å². The zero-order valence-corrected chi connectivity index (χ0v) is 14.4. The molecule has 1 aliphatic rings. The van der Waals surface area contributed by atoms with Gasteiger partial charge in [0.25, 0.3) is 5.91 Å². The first-order chi connectivity index (χ1) is 10.8. The number of halogens is 3. The standard InChI is InChI=1S/C16H21BF3NO3/c1-10-6-7-11(17-23-14(2,3)15(4,5)24-17)8-12(10)13(22)21-9-16(18,19)20/h6-8H,9H2,1-5H3,(H,21,22). The number of carbonyl (C=O) groups is 1. The van der Waals surface area contributed by atoms with Gasteiger partial charge < -0.3 is 14.6 Å². The van der Waals surface area contributed by atoms with E-state index >= 15 is 0 Å². The lowest BCUT2D eigenvalue weighted by Crippen LogP contribution is -2.41. The average molecular weight is 343 g/mol. The summed E-state index contributed by atoms with van der Waals surface area (Å²) in [6.45, 7) is 7.90. The Balaban J connectivity index is 2.22. The van der Waals surface area contributed by atoms with E-state index < -0.39 is 36.9 Å². The Morgan fingerprint density at radius 2 is 1.71 bits per heavy atom. The lowest BCUT2D eigenvalue weighted by Gasteiger charge is -2.32. The highest BCUT2D eigenvalue weighted by atomic mass is 19.4. The lowest BCUT2D eigenvalue weighted by atomic mass is 9.77. The number of hydrogen-bond donors (Lipinski definition) is 1. The number of nitrogens with one attached hydrogen (secondary N) is 1. The van der Waals surface area contributed by atoms with Crippen molar-refractivity contribution in [3.8, 4) is 0 Å². The summed E-state index contributed by atoms with van der Waals surface area (Å²) in [5, 5.41) is 1.88. The zero-order valence-electron chi connectivity index (χ0n) is 14.4. The number of benzene rings is 1. The molecule has 1 heterocycles. The van der Waals surface area contributed by atoms with E-state index in [-0.39, 0.29) is 5.56 Å². The molecule has 0 saturated carbocycles. The van der Waals surface area contributed by atoms with Crippen LogP contribution in [0.3, 0.4) is 0 Å². The molecule has 132 valence electrons. The van der Waals surface area contributed by atoms with Gasteiger partial charge in [0.2, 0.25) is 0 Å². The molecule has 1 fully saturated rings. The molecule has 1 amide bonds. The highest BCUT2D eigenvalue weighted by Crippen LogP contribution is 2.36. The smallest absolute Gasteiger partial charge is 0.399 e. The van der Waals surface area contributed by atoms with Crippen molar-refractivity contribution in [3.63, 3.8) is 0 Å². The first-order valence-electron chi connectivity index (χ1n) is 7.63. The first kappa shape index (κ1) is 18.8. The van der Waals surface area contributed by atoms with Crippen LogP contribution in [0.1, 0.15) is 43.6 Å². The Kier molecular flexibility index (Phi) is 4.76. The fourth-order valence-electron chi connectivity index (χ4n) is 2.29. The van der Waals surface area contributed by atoms with Crippen molar-refractivity contribution in [2.75, 3.05) is 6.54 Å². The molecule has 2 rings (SSSR count). The molecule has 8 heteroatoms. The number of aryl methyl sites for hydroxylation is 1. The predicted molar refractivity (Wildman–Crippen MR) is 85.3 cm³/mol. The summed E-state index contributed by atoms with van der Waals surface area (Å²) < 4.78 is 48.6. The Morgan fingerprint density at radius 3 is 2.21 bits per heavy atom. The number of alkyl halides is 3. The van der Waals surface area contributed by atoms with E-state index in [2.05, 4.69) is 0 Å². The van der Waals surface area contributed by atoms with Gasteiger partial charge in [0.05, 0.1) is 11.2 Å². The molecule has 24 heavy (non-hydrogen) atoms. The summed E-state index contributed by atoms with van der Waals surface area (Å²) in [4.78, 5) is 12.0. The van der Waals surface area contributed by atoms with Crippen molar-refractivity contribution in [2.24, 2.45) is 0 Å². The van der Waals surface area contributed by atoms with Crippen LogP contribution >= 0.6 is 0 Å². The van der Waals surface area contributed by atoms with Gasteiger partial charge in [-0.05, 0) is 51.7 Å². The second-order valence-electron chi connectivity index (χ2n) is 6.96. The fourth-order valence-corrected chi connectivity index (χ4v) is 2.29. The molecule has 0 aromatic heterocycles. The molecule has 1 aromatic rings. The number of hydrogen-bond acceptors (Lipinski definition) is 3. The van der Waals surface area contributed by atoms with Gasteiger partial charge in [0.15, 0.2) is 0 Å². The monoisotopic (exact) mass is 343 g/mol. The number of amides is 1. The van der Waals surface area contributed by atoms with Crippen LogP contribution in [0.4, 0.5) is 13.2 Å². The molecular formula is C16H21BF3NO3. The van der Waals surface area contributed by atoms with Crippen molar-refractivity contribution in [3.05, 3.63) is 29.3 Å². The highest BCUT2D eigenvalue weighted by molar-refractivity contribution is 6.62. The Hall–Kier alpha value is -1.54. The molecule has 1 aromatic carbocycles. The maximum absolute atomic E-state index is 12.3. The van der Waals surface area contributed by atoms with Crippen LogP contribution in [0.25, 0.3) is 0 Å². The third-order valence-corrected chi connectivity index (χ3v) is 4.48. The second-order valence-corrected chi connectivity index (χ2v) is 6.96. The molecule has 1 N–H and O–H groups in total. The molecule has 1 aliphatic heterocycles. The van der Waals surface area contributed by atoms with E-state index in [1.807, 2.05) is 33.0 Å². The zero-order chi connectivity index (χ0) is 18.3. The van der Waals surface area contributed by atoms with Crippen LogP contribution in [-0.4, -0.2) is 36.9 Å². The van der Waals surface area contributed by atoms with Crippen molar-refractivity contribution in [1.29, 1.82) is 0 Å². The minimum absolute atomic E-state index is 0.173. The quantitative estimate of drug-likeness (QED) is 0.859. The van der Waals surface area contributed by atoms with E-state index in [9.17, 15) is 18.0 Å². The summed E-state index contributed by atoms with van der Waals surface area (Å²) in [5.74, 6) is -0.775. The topological polar surface area (TPSA) is 47.6 Å². The van der Waals surface area contributed by atoms with Gasteiger partial charge in [0, 0.05) is 5.56 Å². The lowest BCUT2D eigenvalue weighted by molar-refractivity contribution is -0.123. The van der Waals surface area contributed by atoms with Crippen LogP contribution in [0.2, 0.25) is 0 Å². The third kappa shape index (κ3) is 3.92. The summed E-state index contributed by atoms with van der Waals surface area (Å²) in [5.41, 5.74) is 0.264. The van der Waals surface area contributed by atoms with Crippen molar-refractivity contribution in [1.82, 2.24) is 5.32 Å². The number of rotatable bonds is 3. The van der Waals surface area contributed by atoms with Crippen LogP contribution < -0.4 is 10.8 Å². The normalized spacial score (nSPS) is 19.4. The molecule has 0 atom stereocenters. The van der Waals surface area contributed by atoms with E-state index in [4.69, 9.17) is 9.31 Å². The Morgan fingerprint density at radius 1 is 1.17 bits per heavy atom. The van der Waals surface area contributed by atoms with E-state index in [1.54, 1.807) is 19.1 Å². The van der Waals surface area contributed by atoms with Crippen LogP contribution in [0.15, 0.2) is 18.2 Å². The average Bonchev–Trinajstić information content (AvgIpc) is 2.64. The van der Waals surface area contributed by atoms with E-state index in [0.717, 1.165) is 0 Å². The van der Waals surface area contributed by atoms with Gasteiger partial charge >= 0.3 is 13.3 Å². The van der Waals surface area contributed by atoms with Gasteiger partial charge in [-0.25, -0.2) is 0 Å². The van der Waals surface area contributed by atoms with Crippen molar-refractivity contribution in [2.45, 2.75) is 52.0 Å². The minimum Gasteiger partial charge on any atom is -0.399 e. The SMILES string of the molecule is Cc1ccc(B2OC(C)(C)C(C)(C)O2)cc1C(=O)NCC(F)(F)F. The van der Waals surface area contributed by atoms with Crippen molar-refractivity contribution >= 4 is 18.5 Å². The van der Waals surface area contributed by atoms with Crippen LogP contribution in [-0.2, 0) is 9.31 Å². The maximum Gasteiger partial charge on any atom is 0.494 e. The second kappa shape index (κ2) is 6.08. The molecule has 4 nitrogen and oxygen atoms in total. The number of carbonyl (C=O) groups excluding carboxylic acids is 1. The molecule has 0 aliphatic carbocycles. The largest absolute Gasteiger partial charge is 0.494 e. The molecule has 0 spiro atoms. The van der Waals surface area contributed by atoms with E-state index in [0.29, 0.717) is 11.0 Å². The summed E-state index contributed by atoms with van der Waals surface area (Å²) in [6, 6.07) is 4.93. The van der Waals surface area contributed by atoms with Gasteiger partial charge in [-0.2, -0.15) is 13.2 Å². The minimum atomic E-state index is -4.45. The molecule has 1 saturated heterocycles. The molecule has 0 radical (unpaired) electrons. The van der Waals surface area contributed by atoms with Crippen molar-refractivity contribution < 1.29 is 27.3 Å². The molecule has 0 bridgehead atoms. The fraction of sp³-hybridized carbons (Fsp3) is 0.562. The highest BCUT2D eigenvalue weighted by Gasteiger charge is 2.51. The summed E-state index contributed by atoms with van der Waals surface area (Å²) in [6.07, 6.45) is -4.45. The molecular weight excluding hydrogens is 322 g/mol. The summed E-state index contributed by atoms with van der Waals surface area (Å²) >= 11 is 0. The Labute approximate surface area is 139 Å². The maximum atomic E-state index is 12.3. The Bertz CT molecular complexity index is 628. The van der Waals surface area contributed by atoms with E-state index in [1.165, 1.54) is 6.07 Å². The van der Waals surface area contributed by atoms with Gasteiger partial charge in [-0.1, -0.05) is 12.1 Å². The van der Waals surface area contributed by atoms with Crippen LogP contribution in [0.5, 0.6) is 0 Å². The van der Waals surface area contributed by atoms with Gasteiger partial charge in [-0.3, -0.25) is 4.79 Å². The molecule has 0 unspecified atom stereocenters. The first-order valence-corrected chi connectivity index (χ1v) is 7.63. The van der Waals surface area contributed by atoms with Gasteiger partial charge in [0.1, 0.15) is 6.54 Å². The van der Waals surface area contributed by atoms with Gasteiger partial charge in [-0.15, -0.1) is 0 Å².